The first kappa shape index (κ1) is 20.4. The summed E-state index contributed by atoms with van der Waals surface area (Å²) in [6, 6.07) is 12.5. The standard InChI is InChI=1S/C20H28N2S4/c1-25(14-9-19-7-3-5-11-22-19)26-15-13-24-20(17-26)16-23-12-8-18-6-2-4-10-21-18/h2-7,10-11,20H,8-9,12-17H2,1H3. The molecule has 1 saturated heterocycles. The van der Waals surface area contributed by atoms with Crippen molar-refractivity contribution in [3.63, 3.8) is 0 Å². The summed E-state index contributed by atoms with van der Waals surface area (Å²) < 4.78 is 0. The van der Waals surface area contributed by atoms with E-state index in [-0.39, 0.29) is 0 Å². The molecule has 3 heterocycles. The molecule has 0 N–H and O–H groups in total. The fourth-order valence-electron chi connectivity index (χ4n) is 2.85. The lowest BCUT2D eigenvalue weighted by Gasteiger charge is -2.26. The van der Waals surface area contributed by atoms with Gasteiger partial charge in [0.1, 0.15) is 0 Å². The molecule has 0 aliphatic carbocycles. The first-order valence-electron chi connectivity index (χ1n) is 9.11. The van der Waals surface area contributed by atoms with Crippen molar-refractivity contribution in [3.05, 3.63) is 60.2 Å². The van der Waals surface area contributed by atoms with Gasteiger partial charge in [-0.25, -0.2) is 0 Å². The van der Waals surface area contributed by atoms with E-state index in [1.807, 2.05) is 24.5 Å². The van der Waals surface area contributed by atoms with Gasteiger partial charge in [0, 0.05) is 52.0 Å². The first-order chi connectivity index (χ1) is 12.8. The van der Waals surface area contributed by atoms with Gasteiger partial charge in [0.05, 0.1) is 0 Å². The SMILES string of the molecule is CS(CCc1ccccn1)=S1CCSC(CSCCc2ccccn2)C1. The van der Waals surface area contributed by atoms with Gasteiger partial charge in [0.2, 0.25) is 0 Å². The Morgan fingerprint density at radius 3 is 2.54 bits per heavy atom. The van der Waals surface area contributed by atoms with Crippen LogP contribution in [0.25, 0.3) is 0 Å². The normalized spacial score (nSPS) is 21.4. The number of aromatic nitrogens is 2. The Morgan fingerprint density at radius 2 is 1.85 bits per heavy atom. The van der Waals surface area contributed by atoms with Gasteiger partial charge in [-0.3, -0.25) is 9.97 Å². The van der Waals surface area contributed by atoms with Crippen molar-refractivity contribution < 1.29 is 0 Å². The molecule has 0 radical (unpaired) electrons. The zero-order chi connectivity index (χ0) is 18.0. The molecular formula is C20H28N2S4. The summed E-state index contributed by atoms with van der Waals surface area (Å²) in [6.07, 6.45) is 8.54. The topological polar surface area (TPSA) is 25.8 Å². The van der Waals surface area contributed by atoms with E-state index in [4.69, 9.17) is 0 Å². The minimum atomic E-state index is 0.541. The minimum Gasteiger partial charge on any atom is -0.261 e. The highest BCUT2D eigenvalue weighted by Crippen LogP contribution is 2.24. The van der Waals surface area contributed by atoms with Crippen LogP contribution < -0.4 is 0 Å². The molecule has 0 amide bonds. The minimum absolute atomic E-state index is 0.541. The monoisotopic (exact) mass is 424 g/mol. The van der Waals surface area contributed by atoms with Gasteiger partial charge < -0.3 is 0 Å². The van der Waals surface area contributed by atoms with Crippen LogP contribution in [0.15, 0.2) is 48.8 Å². The second kappa shape index (κ2) is 11.5. The summed E-state index contributed by atoms with van der Waals surface area (Å²) in [4.78, 5) is 8.90. The Kier molecular flexibility index (Phi) is 9.06. The highest BCUT2D eigenvalue weighted by Gasteiger charge is 2.18. The van der Waals surface area contributed by atoms with Crippen LogP contribution in [-0.4, -0.2) is 56.0 Å². The molecule has 0 aromatic carbocycles. The molecule has 3 rings (SSSR count). The molecule has 6 heteroatoms. The summed E-state index contributed by atoms with van der Waals surface area (Å²) in [5, 5.41) is 0.852. The van der Waals surface area contributed by atoms with E-state index in [0.29, 0.717) is 18.9 Å². The molecule has 0 saturated carbocycles. The van der Waals surface area contributed by atoms with Gasteiger partial charge in [-0.1, -0.05) is 12.1 Å². The molecule has 3 atom stereocenters. The summed E-state index contributed by atoms with van der Waals surface area (Å²) >= 11 is 4.32. The van der Waals surface area contributed by atoms with Crippen molar-refractivity contribution in [1.29, 1.82) is 0 Å². The number of rotatable bonds is 8. The first-order valence-corrected chi connectivity index (χ1v) is 15.2. The lowest BCUT2D eigenvalue weighted by atomic mass is 10.3. The van der Waals surface area contributed by atoms with Crippen molar-refractivity contribution in [3.8, 4) is 0 Å². The van der Waals surface area contributed by atoms with Crippen molar-refractivity contribution in [2.24, 2.45) is 0 Å². The van der Waals surface area contributed by atoms with E-state index in [0.717, 1.165) is 18.1 Å². The molecular weight excluding hydrogens is 397 g/mol. The van der Waals surface area contributed by atoms with E-state index in [9.17, 15) is 0 Å². The molecule has 1 fully saturated rings. The Labute approximate surface area is 170 Å². The van der Waals surface area contributed by atoms with Crippen LogP contribution in [0.4, 0.5) is 0 Å². The third-order valence-electron chi connectivity index (χ3n) is 4.34. The van der Waals surface area contributed by atoms with Crippen molar-refractivity contribution in [2.75, 3.05) is 40.8 Å². The molecule has 142 valence electrons. The van der Waals surface area contributed by atoms with Gasteiger partial charge >= 0.3 is 0 Å². The van der Waals surface area contributed by atoms with Gasteiger partial charge in [-0.2, -0.15) is 42.4 Å². The Morgan fingerprint density at radius 1 is 1.12 bits per heavy atom. The number of pyridine rings is 2. The van der Waals surface area contributed by atoms with E-state index in [1.165, 1.54) is 45.9 Å². The van der Waals surface area contributed by atoms with Crippen LogP contribution in [0.2, 0.25) is 0 Å². The zero-order valence-electron chi connectivity index (χ0n) is 15.4. The van der Waals surface area contributed by atoms with Crippen LogP contribution >= 0.6 is 23.5 Å². The van der Waals surface area contributed by atoms with Gasteiger partial charge in [0.25, 0.3) is 0 Å². The molecule has 0 bridgehead atoms. The van der Waals surface area contributed by atoms with Gasteiger partial charge in [-0.05, 0) is 54.9 Å². The average Bonchev–Trinajstić information content (AvgIpc) is 2.71. The molecule has 1 aliphatic rings. The van der Waals surface area contributed by atoms with Crippen LogP contribution in [0.1, 0.15) is 11.4 Å². The molecule has 2 nitrogen and oxygen atoms in total. The van der Waals surface area contributed by atoms with E-state index in [1.54, 1.807) is 0 Å². The molecule has 3 unspecified atom stereocenters. The van der Waals surface area contributed by atoms with Crippen molar-refractivity contribution >= 4 is 42.4 Å². The molecule has 26 heavy (non-hydrogen) atoms. The average molecular weight is 425 g/mol. The van der Waals surface area contributed by atoms with Crippen LogP contribution in [0, 0.1) is 0 Å². The number of hydrogen-bond acceptors (Lipinski definition) is 4. The van der Waals surface area contributed by atoms with Gasteiger partial charge in [-0.15, -0.1) is 0 Å². The smallest absolute Gasteiger partial charge is 0.0411 e. The Hall–Kier alpha value is -0.300. The fraction of sp³-hybridized carbons (Fsp3) is 0.500. The quantitative estimate of drug-likeness (QED) is 0.601. The lowest BCUT2D eigenvalue weighted by molar-refractivity contribution is 1.04. The zero-order valence-corrected chi connectivity index (χ0v) is 18.6. The predicted octanol–water partition coefficient (Wildman–Crippen LogP) is 3.89. The Bertz CT molecular complexity index is 691. The van der Waals surface area contributed by atoms with Crippen molar-refractivity contribution in [2.45, 2.75) is 18.1 Å². The van der Waals surface area contributed by atoms with E-state index >= 15 is 0 Å². The fourth-order valence-corrected chi connectivity index (χ4v) is 12.7. The summed E-state index contributed by atoms with van der Waals surface area (Å²) in [5.74, 6) is 8.03. The summed E-state index contributed by atoms with van der Waals surface area (Å²) in [5.41, 5.74) is 2.48. The van der Waals surface area contributed by atoms with Crippen molar-refractivity contribution in [1.82, 2.24) is 9.97 Å². The second-order valence-corrected chi connectivity index (χ2v) is 15.2. The lowest BCUT2D eigenvalue weighted by Crippen LogP contribution is -2.28. The maximum Gasteiger partial charge on any atom is 0.0411 e. The van der Waals surface area contributed by atoms with E-state index in [2.05, 4.69) is 64.0 Å². The maximum absolute atomic E-state index is 4.48. The molecule has 2 aromatic rings. The Balaban J connectivity index is 1.41. The molecule has 0 spiro atoms. The highest BCUT2D eigenvalue weighted by molar-refractivity contribution is 8.44. The third kappa shape index (κ3) is 7.02. The number of thioether (sulfide) groups is 2. The number of aryl methyl sites for hydroxylation is 2. The number of nitrogens with zero attached hydrogens (tertiary/aromatic N) is 2. The molecule has 1 aliphatic heterocycles. The van der Waals surface area contributed by atoms with Crippen LogP contribution in [0.5, 0.6) is 0 Å². The largest absolute Gasteiger partial charge is 0.261 e. The van der Waals surface area contributed by atoms with Crippen LogP contribution in [0.3, 0.4) is 0 Å². The predicted molar refractivity (Wildman–Crippen MR) is 125 cm³/mol. The van der Waals surface area contributed by atoms with Crippen LogP contribution in [-0.2, 0) is 31.8 Å². The second-order valence-electron chi connectivity index (χ2n) is 6.30. The number of hydrogen-bond donors (Lipinski definition) is 0. The highest BCUT2D eigenvalue weighted by atomic mass is 32.9. The summed E-state index contributed by atoms with van der Waals surface area (Å²) in [6.45, 7) is 0. The summed E-state index contributed by atoms with van der Waals surface area (Å²) in [7, 11) is 1.16. The maximum atomic E-state index is 4.48. The van der Waals surface area contributed by atoms with Gasteiger partial charge in [0.15, 0.2) is 0 Å². The molecule has 2 aromatic heterocycles. The van der Waals surface area contributed by atoms with E-state index < -0.39 is 0 Å². The third-order valence-corrected chi connectivity index (χ3v) is 14.2.